The molecular formula is C19H27Cl2N5O. The third-order valence-corrected chi connectivity index (χ3v) is 5.35. The maximum Gasteiger partial charge on any atom is 0.245 e. The minimum absolute atomic E-state index is 0. The summed E-state index contributed by atoms with van der Waals surface area (Å²) in [6.45, 7) is 3.38. The van der Waals surface area contributed by atoms with Crippen LogP contribution in [0.1, 0.15) is 37.8 Å². The normalized spacial score (nSPS) is 16.6. The summed E-state index contributed by atoms with van der Waals surface area (Å²) in [5.74, 6) is 1.46. The molecule has 148 valence electrons. The van der Waals surface area contributed by atoms with Crippen LogP contribution in [0, 0.1) is 5.92 Å². The van der Waals surface area contributed by atoms with Crippen molar-refractivity contribution in [2.45, 2.75) is 38.6 Å². The first-order valence-electron chi connectivity index (χ1n) is 9.09. The standard InChI is InChI=1S/C19H25N5O.2ClH/c1-13(14-7-8-14)24-18(9-10-21-24)22-19(25)12-23-11-3-4-15-16(20)5-2-6-17(15)23;;/h2,5-6,9-10,13-14H,3-4,7-8,11-12,20H2,1H3,(H,22,25);2*1H. The van der Waals surface area contributed by atoms with Crippen molar-refractivity contribution < 1.29 is 4.79 Å². The van der Waals surface area contributed by atoms with E-state index in [1.54, 1.807) is 6.20 Å². The van der Waals surface area contributed by atoms with Gasteiger partial charge in [-0.3, -0.25) is 4.79 Å². The molecule has 8 heteroatoms. The summed E-state index contributed by atoms with van der Waals surface area (Å²) >= 11 is 0. The van der Waals surface area contributed by atoms with Crippen LogP contribution in [-0.2, 0) is 11.2 Å². The van der Waals surface area contributed by atoms with E-state index in [1.165, 1.54) is 12.8 Å². The van der Waals surface area contributed by atoms with Crippen LogP contribution in [0.5, 0.6) is 0 Å². The lowest BCUT2D eigenvalue weighted by molar-refractivity contribution is -0.115. The van der Waals surface area contributed by atoms with Gasteiger partial charge < -0.3 is 16.0 Å². The molecule has 1 aliphatic carbocycles. The summed E-state index contributed by atoms with van der Waals surface area (Å²) in [6.07, 6.45) is 6.25. The molecular weight excluding hydrogens is 385 g/mol. The number of carbonyl (C=O) groups is 1. The Hall–Kier alpha value is -1.92. The van der Waals surface area contributed by atoms with Gasteiger partial charge in [-0.15, -0.1) is 24.8 Å². The number of nitrogens with two attached hydrogens (primary N) is 1. The number of carbonyl (C=O) groups excluding carboxylic acids is 1. The number of nitrogens with one attached hydrogen (secondary N) is 1. The van der Waals surface area contributed by atoms with Crippen LogP contribution >= 0.6 is 24.8 Å². The molecule has 0 spiro atoms. The molecule has 2 aliphatic rings. The van der Waals surface area contributed by atoms with E-state index in [1.807, 2.05) is 22.9 Å². The number of hydrogen-bond donors (Lipinski definition) is 2. The molecule has 1 aliphatic heterocycles. The fraction of sp³-hybridized carbons (Fsp3) is 0.474. The van der Waals surface area contributed by atoms with Gasteiger partial charge in [0.15, 0.2) is 0 Å². The molecule has 0 radical (unpaired) electrons. The van der Waals surface area contributed by atoms with Crippen LogP contribution in [0.15, 0.2) is 30.5 Å². The number of amides is 1. The quantitative estimate of drug-likeness (QED) is 0.735. The molecule has 1 unspecified atom stereocenters. The van der Waals surface area contributed by atoms with E-state index in [0.717, 1.165) is 42.1 Å². The Morgan fingerprint density at radius 1 is 1.33 bits per heavy atom. The zero-order valence-corrected chi connectivity index (χ0v) is 17.1. The van der Waals surface area contributed by atoms with E-state index in [4.69, 9.17) is 5.73 Å². The summed E-state index contributed by atoms with van der Waals surface area (Å²) in [5.41, 5.74) is 9.16. The Morgan fingerprint density at radius 3 is 2.85 bits per heavy atom. The van der Waals surface area contributed by atoms with E-state index >= 15 is 0 Å². The molecule has 0 saturated heterocycles. The first-order chi connectivity index (χ1) is 12.1. The fourth-order valence-corrected chi connectivity index (χ4v) is 3.76. The van der Waals surface area contributed by atoms with Crippen LogP contribution in [-0.4, -0.2) is 28.8 Å². The van der Waals surface area contributed by atoms with Crippen LogP contribution in [0.2, 0.25) is 0 Å². The molecule has 4 rings (SSSR count). The summed E-state index contributed by atoms with van der Waals surface area (Å²) in [7, 11) is 0. The SMILES string of the molecule is CC(C1CC1)n1nccc1NC(=O)CN1CCCc2c(N)cccc21.Cl.Cl. The van der Waals surface area contributed by atoms with Crippen molar-refractivity contribution in [1.29, 1.82) is 0 Å². The van der Waals surface area contributed by atoms with Crippen LogP contribution in [0.25, 0.3) is 0 Å². The number of nitrogens with zero attached hydrogens (tertiary/aromatic N) is 3. The molecule has 3 N–H and O–H groups in total. The third-order valence-electron chi connectivity index (χ3n) is 5.35. The fourth-order valence-electron chi connectivity index (χ4n) is 3.76. The highest BCUT2D eigenvalue weighted by Gasteiger charge is 2.31. The molecule has 27 heavy (non-hydrogen) atoms. The average Bonchev–Trinajstić information content (AvgIpc) is 3.35. The number of rotatable bonds is 5. The van der Waals surface area contributed by atoms with Gasteiger partial charge in [0, 0.05) is 24.0 Å². The largest absolute Gasteiger partial charge is 0.398 e. The number of hydrogen-bond acceptors (Lipinski definition) is 4. The Morgan fingerprint density at radius 2 is 2.11 bits per heavy atom. The number of benzene rings is 1. The highest BCUT2D eigenvalue weighted by atomic mass is 35.5. The number of aromatic nitrogens is 2. The van der Waals surface area contributed by atoms with E-state index in [-0.39, 0.29) is 30.7 Å². The maximum atomic E-state index is 12.6. The van der Waals surface area contributed by atoms with Crippen LogP contribution in [0.3, 0.4) is 0 Å². The van der Waals surface area contributed by atoms with Gasteiger partial charge in [0.2, 0.25) is 5.91 Å². The second-order valence-electron chi connectivity index (χ2n) is 7.16. The first kappa shape index (κ1) is 21.4. The highest BCUT2D eigenvalue weighted by molar-refractivity contribution is 5.93. The maximum absolute atomic E-state index is 12.6. The molecule has 1 aromatic carbocycles. The van der Waals surface area contributed by atoms with E-state index < -0.39 is 0 Å². The Labute approximate surface area is 172 Å². The second-order valence-corrected chi connectivity index (χ2v) is 7.16. The first-order valence-corrected chi connectivity index (χ1v) is 9.09. The van der Waals surface area contributed by atoms with E-state index in [0.29, 0.717) is 18.5 Å². The van der Waals surface area contributed by atoms with Gasteiger partial charge in [-0.2, -0.15) is 5.10 Å². The van der Waals surface area contributed by atoms with Gasteiger partial charge in [0.1, 0.15) is 5.82 Å². The van der Waals surface area contributed by atoms with Gasteiger partial charge in [0.25, 0.3) is 0 Å². The lowest BCUT2D eigenvalue weighted by Crippen LogP contribution is -2.37. The van der Waals surface area contributed by atoms with Gasteiger partial charge in [-0.05, 0) is 56.2 Å². The monoisotopic (exact) mass is 411 g/mol. The number of fused-ring (bicyclic) bond motifs is 1. The summed E-state index contributed by atoms with van der Waals surface area (Å²) in [6, 6.07) is 8.15. The van der Waals surface area contributed by atoms with Crippen LogP contribution in [0.4, 0.5) is 17.2 Å². The van der Waals surface area contributed by atoms with Crippen molar-refractivity contribution in [3.8, 4) is 0 Å². The molecule has 6 nitrogen and oxygen atoms in total. The molecule has 1 amide bonds. The van der Waals surface area contributed by atoms with Crippen molar-refractivity contribution in [1.82, 2.24) is 9.78 Å². The minimum atomic E-state index is -0.0139. The van der Waals surface area contributed by atoms with Gasteiger partial charge in [0.05, 0.1) is 18.8 Å². The topological polar surface area (TPSA) is 76.2 Å². The minimum Gasteiger partial charge on any atom is -0.398 e. The lowest BCUT2D eigenvalue weighted by Gasteiger charge is -2.31. The molecule has 1 atom stereocenters. The predicted molar refractivity (Wildman–Crippen MR) is 114 cm³/mol. The highest BCUT2D eigenvalue weighted by Crippen LogP contribution is 2.40. The summed E-state index contributed by atoms with van der Waals surface area (Å²) < 4.78 is 1.94. The Bertz CT molecular complexity index is 790. The molecule has 2 heterocycles. The van der Waals surface area contributed by atoms with Gasteiger partial charge in [-0.1, -0.05) is 6.07 Å². The van der Waals surface area contributed by atoms with Crippen molar-refractivity contribution in [2.24, 2.45) is 5.92 Å². The number of halogens is 2. The molecule has 0 bridgehead atoms. The van der Waals surface area contributed by atoms with Crippen molar-refractivity contribution in [2.75, 3.05) is 29.0 Å². The molecule has 1 saturated carbocycles. The third kappa shape index (κ3) is 4.50. The molecule has 1 fully saturated rings. The van der Waals surface area contributed by atoms with Gasteiger partial charge >= 0.3 is 0 Å². The van der Waals surface area contributed by atoms with Crippen molar-refractivity contribution >= 4 is 47.9 Å². The summed E-state index contributed by atoms with van der Waals surface area (Å²) in [4.78, 5) is 14.7. The van der Waals surface area contributed by atoms with E-state index in [9.17, 15) is 4.79 Å². The zero-order valence-electron chi connectivity index (χ0n) is 15.4. The predicted octanol–water partition coefficient (Wildman–Crippen LogP) is 3.67. The van der Waals surface area contributed by atoms with E-state index in [2.05, 4.69) is 28.3 Å². The average molecular weight is 412 g/mol. The molecule has 1 aromatic heterocycles. The Balaban J connectivity index is 0.00000131. The summed E-state index contributed by atoms with van der Waals surface area (Å²) in [5, 5.41) is 7.43. The van der Waals surface area contributed by atoms with Crippen molar-refractivity contribution in [3.05, 3.63) is 36.0 Å². The zero-order chi connectivity index (χ0) is 17.4. The Kier molecular flexibility index (Phi) is 7.00. The molecule has 2 aromatic rings. The van der Waals surface area contributed by atoms with Crippen molar-refractivity contribution in [3.63, 3.8) is 0 Å². The smallest absolute Gasteiger partial charge is 0.245 e. The van der Waals surface area contributed by atoms with Crippen LogP contribution < -0.4 is 16.0 Å². The number of anilines is 3. The lowest BCUT2D eigenvalue weighted by atomic mass is 10.00. The number of nitrogen functional groups attached to an aromatic ring is 1. The second kappa shape index (κ2) is 8.85. The van der Waals surface area contributed by atoms with Gasteiger partial charge in [-0.25, -0.2) is 4.68 Å².